The number of aryl methyl sites for hydroxylation is 1. The molecule has 2 aromatic rings. The van der Waals surface area contributed by atoms with Crippen LogP contribution in [0.5, 0.6) is 0 Å². The predicted molar refractivity (Wildman–Crippen MR) is 98.1 cm³/mol. The average molecular weight is 394 g/mol. The molecule has 1 saturated heterocycles. The van der Waals surface area contributed by atoms with Crippen LogP contribution in [0, 0.1) is 18.6 Å². The smallest absolute Gasteiger partial charge is 0.256 e. The molecule has 0 aromatic heterocycles. The number of carbonyl (C=O) groups is 1. The molecule has 0 spiro atoms. The van der Waals surface area contributed by atoms with Crippen molar-refractivity contribution >= 4 is 21.6 Å². The molecule has 1 amide bonds. The van der Waals surface area contributed by atoms with Gasteiger partial charge in [-0.1, -0.05) is 18.6 Å². The van der Waals surface area contributed by atoms with Gasteiger partial charge in [-0.05, 0) is 49.6 Å². The molecule has 5 nitrogen and oxygen atoms in total. The van der Waals surface area contributed by atoms with Gasteiger partial charge in [0.2, 0.25) is 10.0 Å². The van der Waals surface area contributed by atoms with Gasteiger partial charge in [-0.3, -0.25) is 4.79 Å². The van der Waals surface area contributed by atoms with Gasteiger partial charge in [0, 0.05) is 18.7 Å². The maximum absolute atomic E-state index is 13.8. The summed E-state index contributed by atoms with van der Waals surface area (Å²) >= 11 is 0. The zero-order valence-corrected chi connectivity index (χ0v) is 15.7. The standard InChI is InChI=1S/C19H20F2N2O3S/c1-13-8-9-14(27(25,26)23-10-3-2-4-11-23)12-15(13)19(24)22-18-16(20)6-5-7-17(18)21/h5-9,12H,2-4,10-11H2,1H3,(H,22,24). The first-order valence-corrected chi connectivity index (χ1v) is 10.1. The molecule has 0 atom stereocenters. The van der Waals surface area contributed by atoms with Gasteiger partial charge in [0.25, 0.3) is 5.91 Å². The van der Waals surface area contributed by atoms with Gasteiger partial charge in [-0.2, -0.15) is 4.31 Å². The van der Waals surface area contributed by atoms with E-state index in [2.05, 4.69) is 5.32 Å². The Labute approximate surface area is 157 Å². The third kappa shape index (κ3) is 4.01. The van der Waals surface area contributed by atoms with E-state index < -0.39 is 33.3 Å². The lowest BCUT2D eigenvalue weighted by molar-refractivity contribution is 0.102. The Bertz CT molecular complexity index is 951. The first kappa shape index (κ1) is 19.4. The highest BCUT2D eigenvalue weighted by molar-refractivity contribution is 7.89. The summed E-state index contributed by atoms with van der Waals surface area (Å²) in [7, 11) is -3.72. The van der Waals surface area contributed by atoms with Gasteiger partial charge < -0.3 is 5.32 Å². The van der Waals surface area contributed by atoms with Crippen LogP contribution in [0.4, 0.5) is 14.5 Å². The number of hydrogen-bond donors (Lipinski definition) is 1. The topological polar surface area (TPSA) is 66.5 Å². The Morgan fingerprint density at radius 2 is 1.67 bits per heavy atom. The van der Waals surface area contributed by atoms with E-state index in [1.807, 2.05) is 0 Å². The number of hydrogen-bond acceptors (Lipinski definition) is 3. The number of halogens is 2. The molecule has 8 heteroatoms. The van der Waals surface area contributed by atoms with Crippen LogP contribution in [0.15, 0.2) is 41.3 Å². The Kier molecular flexibility index (Phi) is 5.57. The Hall–Kier alpha value is -2.32. The molecule has 0 unspecified atom stereocenters. The van der Waals surface area contributed by atoms with Crippen molar-refractivity contribution in [3.63, 3.8) is 0 Å². The molecule has 0 saturated carbocycles. The minimum atomic E-state index is -3.72. The quantitative estimate of drug-likeness (QED) is 0.860. The van der Waals surface area contributed by atoms with Gasteiger partial charge in [-0.15, -0.1) is 0 Å². The van der Waals surface area contributed by atoms with Crippen molar-refractivity contribution in [2.45, 2.75) is 31.1 Å². The second-order valence-electron chi connectivity index (χ2n) is 6.49. The molecule has 0 radical (unpaired) electrons. The molecule has 0 aliphatic carbocycles. The molecule has 1 fully saturated rings. The maximum Gasteiger partial charge on any atom is 0.256 e. The number of nitrogens with one attached hydrogen (secondary N) is 1. The minimum Gasteiger partial charge on any atom is -0.317 e. The van der Waals surface area contributed by atoms with Crippen molar-refractivity contribution in [2.75, 3.05) is 18.4 Å². The lowest BCUT2D eigenvalue weighted by Gasteiger charge is -2.26. The lowest BCUT2D eigenvalue weighted by atomic mass is 10.1. The largest absolute Gasteiger partial charge is 0.317 e. The van der Waals surface area contributed by atoms with Crippen molar-refractivity contribution in [3.05, 3.63) is 59.2 Å². The van der Waals surface area contributed by atoms with Crippen LogP contribution in [-0.4, -0.2) is 31.7 Å². The lowest BCUT2D eigenvalue weighted by Crippen LogP contribution is -2.35. The first-order valence-electron chi connectivity index (χ1n) is 8.67. The fourth-order valence-corrected chi connectivity index (χ4v) is 4.60. The van der Waals surface area contributed by atoms with E-state index in [0.717, 1.165) is 31.4 Å². The van der Waals surface area contributed by atoms with Crippen LogP contribution >= 0.6 is 0 Å². The summed E-state index contributed by atoms with van der Waals surface area (Å²) in [4.78, 5) is 12.5. The van der Waals surface area contributed by atoms with Gasteiger partial charge >= 0.3 is 0 Å². The number of amides is 1. The van der Waals surface area contributed by atoms with Crippen molar-refractivity contribution in [2.24, 2.45) is 0 Å². The maximum atomic E-state index is 13.8. The molecule has 1 N–H and O–H groups in total. The van der Waals surface area contributed by atoms with E-state index in [4.69, 9.17) is 0 Å². The van der Waals surface area contributed by atoms with E-state index in [1.165, 1.54) is 28.6 Å². The van der Waals surface area contributed by atoms with Crippen LogP contribution in [0.1, 0.15) is 35.2 Å². The molecule has 1 heterocycles. The summed E-state index contributed by atoms with van der Waals surface area (Å²) in [6.45, 7) is 2.51. The molecule has 3 rings (SSSR count). The summed E-state index contributed by atoms with van der Waals surface area (Å²) < 4.78 is 54.6. The highest BCUT2D eigenvalue weighted by Crippen LogP contribution is 2.24. The number of anilines is 1. The number of carbonyl (C=O) groups excluding carboxylic acids is 1. The summed E-state index contributed by atoms with van der Waals surface area (Å²) in [5.74, 6) is -2.58. The molecule has 144 valence electrons. The van der Waals surface area contributed by atoms with Crippen molar-refractivity contribution in [3.8, 4) is 0 Å². The summed E-state index contributed by atoms with van der Waals surface area (Å²) in [6.07, 6.45) is 2.58. The first-order chi connectivity index (χ1) is 12.8. The average Bonchev–Trinajstić information content (AvgIpc) is 2.65. The number of piperidine rings is 1. The second kappa shape index (κ2) is 7.74. The number of benzene rings is 2. The third-order valence-corrected chi connectivity index (χ3v) is 6.50. The van der Waals surface area contributed by atoms with Gasteiger partial charge in [0.05, 0.1) is 4.90 Å². The fourth-order valence-electron chi connectivity index (χ4n) is 3.06. The second-order valence-corrected chi connectivity index (χ2v) is 8.43. The van der Waals surface area contributed by atoms with Crippen molar-refractivity contribution in [1.29, 1.82) is 0 Å². The summed E-state index contributed by atoms with van der Waals surface area (Å²) in [5.41, 5.74) is -0.0104. The van der Waals surface area contributed by atoms with Crippen LogP contribution in [0.3, 0.4) is 0 Å². The monoisotopic (exact) mass is 394 g/mol. The number of nitrogens with zero attached hydrogens (tertiary/aromatic N) is 1. The molecule has 0 bridgehead atoms. The van der Waals surface area contributed by atoms with Crippen molar-refractivity contribution in [1.82, 2.24) is 4.31 Å². The fraction of sp³-hybridized carbons (Fsp3) is 0.316. The van der Waals surface area contributed by atoms with Crippen LogP contribution in [0.25, 0.3) is 0 Å². The van der Waals surface area contributed by atoms with Gasteiger partial charge in [0.15, 0.2) is 0 Å². The minimum absolute atomic E-state index is 0.00541. The zero-order valence-electron chi connectivity index (χ0n) is 14.8. The van der Waals surface area contributed by atoms with E-state index in [0.29, 0.717) is 18.7 Å². The molecule has 1 aliphatic heterocycles. The van der Waals surface area contributed by atoms with Crippen LogP contribution in [-0.2, 0) is 10.0 Å². The summed E-state index contributed by atoms with van der Waals surface area (Å²) in [6, 6.07) is 7.47. The van der Waals surface area contributed by atoms with Crippen molar-refractivity contribution < 1.29 is 22.0 Å². The Morgan fingerprint density at radius 3 is 2.30 bits per heavy atom. The summed E-state index contributed by atoms with van der Waals surface area (Å²) in [5, 5.41) is 2.20. The van der Waals surface area contributed by atoms with E-state index in [9.17, 15) is 22.0 Å². The molecular formula is C19H20F2N2O3S. The Balaban J connectivity index is 1.92. The number of sulfonamides is 1. The van der Waals surface area contributed by atoms with Gasteiger partial charge in [-0.25, -0.2) is 17.2 Å². The van der Waals surface area contributed by atoms with Crippen LogP contribution in [0.2, 0.25) is 0 Å². The Morgan fingerprint density at radius 1 is 1.04 bits per heavy atom. The molecule has 27 heavy (non-hydrogen) atoms. The highest BCUT2D eigenvalue weighted by atomic mass is 32.2. The normalized spacial score (nSPS) is 15.5. The SMILES string of the molecule is Cc1ccc(S(=O)(=O)N2CCCCC2)cc1C(=O)Nc1c(F)cccc1F. The molecule has 1 aliphatic rings. The van der Waals surface area contributed by atoms with E-state index in [-0.39, 0.29) is 10.5 Å². The molecular weight excluding hydrogens is 374 g/mol. The van der Waals surface area contributed by atoms with E-state index >= 15 is 0 Å². The highest BCUT2D eigenvalue weighted by Gasteiger charge is 2.27. The number of para-hydroxylation sites is 1. The third-order valence-electron chi connectivity index (χ3n) is 4.61. The number of rotatable bonds is 4. The van der Waals surface area contributed by atoms with E-state index in [1.54, 1.807) is 6.92 Å². The predicted octanol–water partition coefficient (Wildman–Crippen LogP) is 3.70. The zero-order chi connectivity index (χ0) is 19.6. The van der Waals surface area contributed by atoms with Gasteiger partial charge in [0.1, 0.15) is 17.3 Å². The molecule has 2 aromatic carbocycles. The van der Waals surface area contributed by atoms with Crippen LogP contribution < -0.4 is 5.32 Å².